The van der Waals surface area contributed by atoms with Gasteiger partial charge in [-0.1, -0.05) is 24.3 Å². The van der Waals surface area contributed by atoms with Gasteiger partial charge in [0.25, 0.3) is 5.91 Å². The molecule has 0 saturated carbocycles. The quantitative estimate of drug-likeness (QED) is 0.776. The number of hydrogen-bond donors (Lipinski definition) is 2. The van der Waals surface area contributed by atoms with Crippen LogP contribution >= 0.6 is 0 Å². The molecule has 2 aromatic rings. The van der Waals surface area contributed by atoms with Crippen molar-refractivity contribution in [2.75, 3.05) is 13.1 Å². The molecular formula is C19H18FN3O3. The summed E-state index contributed by atoms with van der Waals surface area (Å²) in [4.78, 5) is 36.4. The Morgan fingerprint density at radius 2 is 1.69 bits per heavy atom. The second-order valence-corrected chi connectivity index (χ2v) is 5.97. The smallest absolute Gasteiger partial charge is 0.324 e. The summed E-state index contributed by atoms with van der Waals surface area (Å²) < 4.78 is 12.8. The molecule has 7 heteroatoms. The van der Waals surface area contributed by atoms with E-state index in [-0.39, 0.29) is 30.7 Å². The Bertz CT molecular complexity index is 803. The van der Waals surface area contributed by atoms with Gasteiger partial charge in [-0.05, 0) is 41.8 Å². The van der Waals surface area contributed by atoms with Crippen molar-refractivity contribution in [1.29, 1.82) is 0 Å². The molecule has 0 aliphatic carbocycles. The summed E-state index contributed by atoms with van der Waals surface area (Å²) in [6.07, 6.45) is 0.607. The van der Waals surface area contributed by atoms with Crippen molar-refractivity contribution >= 4 is 17.8 Å². The number of halogens is 1. The molecule has 134 valence electrons. The third-order valence-corrected chi connectivity index (χ3v) is 4.11. The molecule has 0 spiro atoms. The summed E-state index contributed by atoms with van der Waals surface area (Å²) in [5, 5.41) is 5.27. The van der Waals surface area contributed by atoms with Gasteiger partial charge in [-0.2, -0.15) is 0 Å². The highest BCUT2D eigenvalue weighted by atomic mass is 19.1. The molecule has 1 heterocycles. The average Bonchev–Trinajstić information content (AvgIpc) is 2.96. The first-order valence-corrected chi connectivity index (χ1v) is 8.23. The minimum absolute atomic E-state index is 0.0212. The zero-order valence-corrected chi connectivity index (χ0v) is 14.0. The number of imide groups is 1. The van der Waals surface area contributed by atoms with E-state index in [9.17, 15) is 18.8 Å². The van der Waals surface area contributed by atoms with Crippen LogP contribution in [0.5, 0.6) is 0 Å². The topological polar surface area (TPSA) is 78.5 Å². The fraction of sp³-hybridized carbons (Fsp3) is 0.211. The van der Waals surface area contributed by atoms with Gasteiger partial charge in [0.2, 0.25) is 5.91 Å². The number of amides is 4. The number of nitrogens with zero attached hydrogens (tertiary/aromatic N) is 1. The molecule has 2 N–H and O–H groups in total. The van der Waals surface area contributed by atoms with Crippen molar-refractivity contribution in [3.8, 4) is 0 Å². The largest absolute Gasteiger partial charge is 0.352 e. The van der Waals surface area contributed by atoms with Gasteiger partial charge in [0.05, 0.1) is 13.1 Å². The maximum absolute atomic E-state index is 12.8. The molecule has 0 radical (unpaired) electrons. The molecule has 26 heavy (non-hydrogen) atoms. The number of carbonyl (C=O) groups excluding carboxylic acids is 3. The summed E-state index contributed by atoms with van der Waals surface area (Å²) in [6, 6.07) is 12.5. The Balaban J connectivity index is 1.51. The molecular weight excluding hydrogens is 337 g/mol. The Morgan fingerprint density at radius 1 is 1.04 bits per heavy atom. The monoisotopic (exact) mass is 355 g/mol. The predicted octanol–water partition coefficient (Wildman–Crippen LogP) is 1.85. The lowest BCUT2D eigenvalue weighted by molar-refractivity contribution is -0.125. The van der Waals surface area contributed by atoms with Crippen LogP contribution in [-0.4, -0.2) is 35.8 Å². The average molecular weight is 355 g/mol. The van der Waals surface area contributed by atoms with Crippen LogP contribution < -0.4 is 10.6 Å². The minimum atomic E-state index is -0.405. The zero-order valence-electron chi connectivity index (χ0n) is 14.0. The number of hydrogen-bond acceptors (Lipinski definition) is 3. The summed E-state index contributed by atoms with van der Waals surface area (Å²) >= 11 is 0. The van der Waals surface area contributed by atoms with E-state index in [2.05, 4.69) is 10.6 Å². The van der Waals surface area contributed by atoms with E-state index < -0.39 is 6.03 Å². The van der Waals surface area contributed by atoms with Gasteiger partial charge in [-0.3, -0.25) is 14.5 Å². The van der Waals surface area contributed by atoms with Gasteiger partial charge >= 0.3 is 6.03 Å². The summed E-state index contributed by atoms with van der Waals surface area (Å²) in [6.45, 7) is 0.638. The van der Waals surface area contributed by atoms with Crippen LogP contribution in [-0.2, 0) is 17.8 Å². The van der Waals surface area contributed by atoms with Crippen molar-refractivity contribution < 1.29 is 18.8 Å². The maximum Gasteiger partial charge on any atom is 0.324 e. The van der Waals surface area contributed by atoms with Gasteiger partial charge in [0.1, 0.15) is 5.82 Å². The first-order chi connectivity index (χ1) is 12.5. The van der Waals surface area contributed by atoms with Gasteiger partial charge < -0.3 is 10.6 Å². The fourth-order valence-corrected chi connectivity index (χ4v) is 2.63. The third-order valence-electron chi connectivity index (χ3n) is 4.11. The van der Waals surface area contributed by atoms with Gasteiger partial charge in [0.15, 0.2) is 0 Å². The molecule has 0 atom stereocenters. The van der Waals surface area contributed by atoms with Crippen molar-refractivity contribution in [2.24, 2.45) is 0 Å². The van der Waals surface area contributed by atoms with Crippen LogP contribution in [0.3, 0.4) is 0 Å². The number of benzene rings is 2. The van der Waals surface area contributed by atoms with Crippen molar-refractivity contribution in [1.82, 2.24) is 15.5 Å². The maximum atomic E-state index is 12.8. The molecule has 3 rings (SSSR count). The number of nitrogens with one attached hydrogen (secondary N) is 2. The molecule has 4 amide bonds. The summed E-state index contributed by atoms with van der Waals surface area (Å²) in [5.74, 6) is -0.766. The highest BCUT2D eigenvalue weighted by Gasteiger charge is 2.28. The molecule has 1 fully saturated rings. The Kier molecular flexibility index (Phi) is 5.26. The second kappa shape index (κ2) is 7.77. The third kappa shape index (κ3) is 4.24. The van der Waals surface area contributed by atoms with E-state index in [0.717, 1.165) is 16.0 Å². The molecule has 1 aliphatic heterocycles. The van der Waals surface area contributed by atoms with Crippen molar-refractivity contribution in [2.45, 2.75) is 13.0 Å². The SMILES string of the molecule is O=C(NCCc1ccc(F)cc1)c1ccc(CN2C(=O)CNC2=O)cc1. The lowest BCUT2D eigenvalue weighted by Gasteiger charge is -2.12. The van der Waals surface area contributed by atoms with E-state index in [1.807, 2.05) is 0 Å². The van der Waals surface area contributed by atoms with Crippen molar-refractivity contribution in [3.05, 3.63) is 71.0 Å². The molecule has 1 aliphatic rings. The van der Waals surface area contributed by atoms with Crippen LogP contribution in [0.1, 0.15) is 21.5 Å². The fourth-order valence-electron chi connectivity index (χ4n) is 2.63. The van der Waals surface area contributed by atoms with Crippen LogP contribution in [0.25, 0.3) is 0 Å². The van der Waals surface area contributed by atoms with Crippen molar-refractivity contribution in [3.63, 3.8) is 0 Å². The summed E-state index contributed by atoms with van der Waals surface area (Å²) in [7, 11) is 0. The molecule has 0 aromatic heterocycles. The van der Waals surface area contributed by atoms with Crippen LogP contribution in [0.15, 0.2) is 48.5 Å². The molecule has 2 aromatic carbocycles. The lowest BCUT2D eigenvalue weighted by atomic mass is 10.1. The lowest BCUT2D eigenvalue weighted by Crippen LogP contribution is -2.30. The van der Waals surface area contributed by atoms with Crippen LogP contribution in [0.2, 0.25) is 0 Å². The summed E-state index contributed by atoms with van der Waals surface area (Å²) in [5.41, 5.74) is 2.19. The predicted molar refractivity (Wildman–Crippen MR) is 92.8 cm³/mol. The minimum Gasteiger partial charge on any atom is -0.352 e. The molecule has 1 saturated heterocycles. The van der Waals surface area contributed by atoms with E-state index in [1.54, 1.807) is 36.4 Å². The number of carbonyl (C=O) groups is 3. The second-order valence-electron chi connectivity index (χ2n) is 5.97. The Labute approximate surface area is 150 Å². The van der Waals surface area contributed by atoms with E-state index >= 15 is 0 Å². The van der Waals surface area contributed by atoms with Gasteiger partial charge in [-0.25, -0.2) is 9.18 Å². The molecule has 0 bridgehead atoms. The zero-order chi connectivity index (χ0) is 18.5. The molecule has 0 unspecified atom stereocenters. The van der Waals surface area contributed by atoms with E-state index in [0.29, 0.717) is 18.5 Å². The van der Waals surface area contributed by atoms with E-state index in [4.69, 9.17) is 0 Å². The first kappa shape index (κ1) is 17.6. The highest BCUT2D eigenvalue weighted by Crippen LogP contribution is 2.10. The molecule has 6 nitrogen and oxygen atoms in total. The van der Waals surface area contributed by atoms with Gasteiger partial charge in [0, 0.05) is 12.1 Å². The van der Waals surface area contributed by atoms with Gasteiger partial charge in [-0.15, -0.1) is 0 Å². The van der Waals surface area contributed by atoms with Crippen LogP contribution in [0, 0.1) is 5.82 Å². The highest BCUT2D eigenvalue weighted by molar-refractivity contribution is 6.01. The Hall–Kier alpha value is -3.22. The normalized spacial score (nSPS) is 13.7. The van der Waals surface area contributed by atoms with Crippen LogP contribution in [0.4, 0.5) is 9.18 Å². The Morgan fingerprint density at radius 3 is 2.31 bits per heavy atom. The first-order valence-electron chi connectivity index (χ1n) is 8.23. The number of urea groups is 1. The standard InChI is InChI=1S/C19H18FN3O3/c20-16-7-3-13(4-8-16)9-10-21-18(25)15-5-1-14(2-6-15)12-23-17(24)11-22-19(23)26/h1-8H,9-12H2,(H,21,25)(H,22,26). The van der Waals surface area contributed by atoms with E-state index in [1.165, 1.54) is 12.1 Å². The number of rotatable bonds is 6.